The first-order chi connectivity index (χ1) is 6.20. The molecule has 0 aromatic carbocycles. The number of hydrogen-bond donors (Lipinski definition) is 2. The molecule has 3 atom stereocenters. The maximum atomic E-state index is 11.0. The Morgan fingerprint density at radius 2 is 2.38 bits per heavy atom. The van der Waals surface area contributed by atoms with Crippen LogP contribution >= 0.6 is 0 Å². The van der Waals surface area contributed by atoms with Crippen LogP contribution in [-0.2, 0) is 0 Å². The standard InChI is InChI=1S/C9H11N3O/c1-3-4-2-5(3)7-6(4)8(9(10)13)12-11-7/h3-5H,2H2,1H3,(H2,10,13)(H,11,12)/t3-,4?,5?/m1/s1. The molecule has 13 heavy (non-hydrogen) atoms. The number of rotatable bonds is 1. The smallest absolute Gasteiger partial charge is 0.269 e. The number of H-pyrrole nitrogens is 1. The molecule has 2 bridgehead atoms. The first kappa shape index (κ1) is 7.12. The number of aromatic nitrogens is 2. The van der Waals surface area contributed by atoms with Crippen molar-refractivity contribution in [2.45, 2.75) is 25.2 Å². The molecule has 4 nitrogen and oxygen atoms in total. The van der Waals surface area contributed by atoms with Crippen LogP contribution in [0.5, 0.6) is 0 Å². The Balaban J connectivity index is 2.16. The van der Waals surface area contributed by atoms with Crippen LogP contribution in [0.3, 0.4) is 0 Å². The zero-order valence-electron chi connectivity index (χ0n) is 7.37. The lowest BCUT2D eigenvalue weighted by atomic mass is 9.71. The second kappa shape index (κ2) is 1.95. The summed E-state index contributed by atoms with van der Waals surface area (Å²) >= 11 is 0. The van der Waals surface area contributed by atoms with Crippen LogP contribution in [0.25, 0.3) is 0 Å². The van der Waals surface area contributed by atoms with Gasteiger partial charge in [-0.1, -0.05) is 6.92 Å². The lowest BCUT2D eigenvalue weighted by molar-refractivity contribution is 0.0993. The maximum Gasteiger partial charge on any atom is 0.269 e. The summed E-state index contributed by atoms with van der Waals surface area (Å²) in [4.78, 5) is 11.0. The first-order valence-electron chi connectivity index (χ1n) is 4.58. The van der Waals surface area contributed by atoms with Gasteiger partial charge in [-0.05, 0) is 18.3 Å². The molecular formula is C9H11N3O. The van der Waals surface area contributed by atoms with Crippen LogP contribution in [0.2, 0.25) is 0 Å². The summed E-state index contributed by atoms with van der Waals surface area (Å²) in [5.41, 5.74) is 7.96. The highest BCUT2D eigenvalue weighted by atomic mass is 16.1. The van der Waals surface area contributed by atoms with Crippen LogP contribution < -0.4 is 5.73 Å². The second-order valence-corrected chi connectivity index (χ2v) is 4.07. The molecule has 3 aliphatic carbocycles. The molecule has 3 N–H and O–H groups in total. The van der Waals surface area contributed by atoms with Gasteiger partial charge >= 0.3 is 0 Å². The van der Waals surface area contributed by atoms with E-state index < -0.39 is 5.91 Å². The SMILES string of the molecule is C[C@H]1C2CC1c1c(C(N)=O)n[nH]c12. The zero-order valence-corrected chi connectivity index (χ0v) is 7.37. The summed E-state index contributed by atoms with van der Waals surface area (Å²) < 4.78 is 0. The van der Waals surface area contributed by atoms with Gasteiger partial charge in [0.1, 0.15) is 0 Å². The number of nitrogens with two attached hydrogens (primary N) is 1. The quantitative estimate of drug-likeness (QED) is 0.663. The lowest BCUT2D eigenvalue weighted by Gasteiger charge is -2.32. The van der Waals surface area contributed by atoms with Crippen molar-refractivity contribution < 1.29 is 4.79 Å². The zero-order chi connectivity index (χ0) is 9.16. The molecule has 1 heterocycles. The summed E-state index contributed by atoms with van der Waals surface area (Å²) in [7, 11) is 0. The molecule has 0 aliphatic heterocycles. The summed E-state index contributed by atoms with van der Waals surface area (Å²) in [6, 6.07) is 0. The second-order valence-electron chi connectivity index (χ2n) is 4.07. The van der Waals surface area contributed by atoms with E-state index in [0.29, 0.717) is 23.4 Å². The average Bonchev–Trinajstić information content (AvgIpc) is 2.63. The molecule has 1 fully saturated rings. The van der Waals surface area contributed by atoms with Gasteiger partial charge in [-0.15, -0.1) is 0 Å². The van der Waals surface area contributed by atoms with Crippen molar-refractivity contribution in [3.05, 3.63) is 17.0 Å². The molecule has 0 radical (unpaired) electrons. The fourth-order valence-corrected chi connectivity index (χ4v) is 2.76. The van der Waals surface area contributed by atoms with E-state index in [1.165, 1.54) is 6.42 Å². The highest BCUT2D eigenvalue weighted by Gasteiger charge is 2.51. The molecule has 4 heteroatoms. The number of aromatic amines is 1. The fourth-order valence-electron chi connectivity index (χ4n) is 2.76. The van der Waals surface area contributed by atoms with E-state index in [4.69, 9.17) is 5.73 Å². The molecule has 2 unspecified atom stereocenters. The predicted octanol–water partition coefficient (Wildman–Crippen LogP) is 0.729. The summed E-state index contributed by atoms with van der Waals surface area (Å²) in [5.74, 6) is 1.39. The molecule has 1 aromatic heterocycles. The number of carbonyl (C=O) groups excluding carboxylic acids is 1. The molecule has 1 saturated carbocycles. The van der Waals surface area contributed by atoms with Crippen molar-refractivity contribution in [3.8, 4) is 0 Å². The van der Waals surface area contributed by atoms with E-state index in [1.807, 2.05) is 0 Å². The van der Waals surface area contributed by atoms with E-state index in [-0.39, 0.29) is 0 Å². The van der Waals surface area contributed by atoms with Gasteiger partial charge in [-0.2, -0.15) is 5.10 Å². The third-order valence-corrected chi connectivity index (χ3v) is 3.59. The van der Waals surface area contributed by atoms with Gasteiger partial charge < -0.3 is 5.73 Å². The van der Waals surface area contributed by atoms with Gasteiger partial charge in [-0.25, -0.2) is 0 Å². The maximum absolute atomic E-state index is 11.0. The Kier molecular flexibility index (Phi) is 1.07. The van der Waals surface area contributed by atoms with Crippen LogP contribution in [0, 0.1) is 5.92 Å². The van der Waals surface area contributed by atoms with Gasteiger partial charge in [0.25, 0.3) is 5.91 Å². The number of nitrogens with zero attached hydrogens (tertiary/aromatic N) is 1. The van der Waals surface area contributed by atoms with Crippen LogP contribution in [-0.4, -0.2) is 16.1 Å². The van der Waals surface area contributed by atoms with Crippen LogP contribution in [0.15, 0.2) is 0 Å². The Labute approximate surface area is 75.5 Å². The minimum atomic E-state index is -0.405. The van der Waals surface area contributed by atoms with Gasteiger partial charge in [0, 0.05) is 17.2 Å². The summed E-state index contributed by atoms with van der Waals surface area (Å²) in [6.07, 6.45) is 1.17. The largest absolute Gasteiger partial charge is 0.364 e. The molecule has 68 valence electrons. The van der Waals surface area contributed by atoms with E-state index in [1.54, 1.807) is 0 Å². The van der Waals surface area contributed by atoms with Crippen molar-refractivity contribution in [2.75, 3.05) is 0 Å². The Hall–Kier alpha value is -1.32. The van der Waals surface area contributed by atoms with Gasteiger partial charge in [0.15, 0.2) is 5.69 Å². The molecular weight excluding hydrogens is 166 g/mol. The summed E-state index contributed by atoms with van der Waals surface area (Å²) in [6.45, 7) is 2.22. The Morgan fingerprint density at radius 3 is 3.00 bits per heavy atom. The third-order valence-electron chi connectivity index (χ3n) is 3.59. The Morgan fingerprint density at radius 1 is 1.62 bits per heavy atom. The number of hydrogen-bond acceptors (Lipinski definition) is 2. The number of primary amides is 1. The van der Waals surface area contributed by atoms with Gasteiger partial charge in [0.05, 0.1) is 0 Å². The van der Waals surface area contributed by atoms with Crippen molar-refractivity contribution in [1.82, 2.24) is 10.2 Å². The first-order valence-corrected chi connectivity index (χ1v) is 4.58. The van der Waals surface area contributed by atoms with E-state index in [0.717, 1.165) is 11.3 Å². The average molecular weight is 177 g/mol. The Bertz CT molecular complexity index is 396. The third kappa shape index (κ3) is 0.632. The molecule has 0 spiro atoms. The van der Waals surface area contributed by atoms with Crippen molar-refractivity contribution >= 4 is 5.91 Å². The monoisotopic (exact) mass is 177 g/mol. The van der Waals surface area contributed by atoms with Crippen LogP contribution in [0.1, 0.15) is 46.9 Å². The normalized spacial score (nSPS) is 34.1. The molecule has 3 aliphatic rings. The molecule has 1 amide bonds. The van der Waals surface area contributed by atoms with E-state index >= 15 is 0 Å². The molecule has 0 saturated heterocycles. The number of carbonyl (C=O) groups is 1. The highest BCUT2D eigenvalue weighted by molar-refractivity contribution is 5.93. The number of nitrogens with one attached hydrogen (secondary N) is 1. The van der Waals surface area contributed by atoms with E-state index in [9.17, 15) is 4.79 Å². The van der Waals surface area contributed by atoms with Crippen molar-refractivity contribution in [1.29, 1.82) is 0 Å². The summed E-state index contributed by atoms with van der Waals surface area (Å²) in [5, 5.41) is 6.89. The van der Waals surface area contributed by atoms with Crippen molar-refractivity contribution in [3.63, 3.8) is 0 Å². The van der Waals surface area contributed by atoms with Gasteiger partial charge in [-0.3, -0.25) is 9.89 Å². The highest BCUT2D eigenvalue weighted by Crippen LogP contribution is 2.61. The minimum Gasteiger partial charge on any atom is -0.364 e. The minimum absolute atomic E-state index is 0.405. The predicted molar refractivity (Wildman–Crippen MR) is 46.4 cm³/mol. The van der Waals surface area contributed by atoms with Crippen molar-refractivity contribution in [2.24, 2.45) is 11.7 Å². The molecule has 1 aromatic rings. The molecule has 4 rings (SSSR count). The topological polar surface area (TPSA) is 71.8 Å². The van der Waals surface area contributed by atoms with Gasteiger partial charge in [0.2, 0.25) is 0 Å². The van der Waals surface area contributed by atoms with E-state index in [2.05, 4.69) is 17.1 Å². The number of amides is 1. The van der Waals surface area contributed by atoms with Crippen LogP contribution in [0.4, 0.5) is 0 Å². The fraction of sp³-hybridized carbons (Fsp3) is 0.556. The lowest BCUT2D eigenvalue weighted by Crippen LogP contribution is -2.24.